The molecular formula is C21H29N6O3+. The van der Waals surface area contributed by atoms with Gasteiger partial charge in [-0.15, -0.1) is 0 Å². The third-order valence-corrected chi connectivity index (χ3v) is 6.01. The van der Waals surface area contributed by atoms with E-state index in [9.17, 15) is 9.59 Å². The number of ether oxygens (including phenoxy) is 1. The van der Waals surface area contributed by atoms with Crippen LogP contribution in [0.1, 0.15) is 0 Å². The number of imide groups is 1. The van der Waals surface area contributed by atoms with Gasteiger partial charge in [0.1, 0.15) is 13.1 Å². The Kier molecular flexibility index (Phi) is 5.83. The molecule has 1 aromatic rings. The molecule has 9 heteroatoms. The van der Waals surface area contributed by atoms with Gasteiger partial charge in [0.2, 0.25) is 0 Å². The molecule has 3 amide bonds. The second-order valence-electron chi connectivity index (χ2n) is 7.81. The Morgan fingerprint density at radius 1 is 1.07 bits per heavy atom. The number of rotatable bonds is 6. The van der Waals surface area contributed by atoms with Crippen LogP contribution in [0, 0.1) is 0 Å². The quantitative estimate of drug-likeness (QED) is 0.622. The second-order valence-corrected chi connectivity index (χ2v) is 7.81. The van der Waals surface area contributed by atoms with Gasteiger partial charge in [-0.2, -0.15) is 0 Å². The number of piperazine rings is 1. The first-order chi connectivity index (χ1) is 14.5. The highest BCUT2D eigenvalue weighted by molar-refractivity contribution is 6.23. The SMILES string of the molecule is COCC[N+]1=C(CN2CCN(c3ccccc3)CC2)N=C2C1C(=O)N(C)C(=O)N2C. The molecule has 4 rings (SSSR count). The van der Waals surface area contributed by atoms with Crippen LogP contribution in [0.25, 0.3) is 0 Å². The van der Waals surface area contributed by atoms with E-state index in [1.165, 1.54) is 22.5 Å². The van der Waals surface area contributed by atoms with Crippen molar-refractivity contribution in [3.8, 4) is 0 Å². The number of likely N-dealkylation sites (N-methyl/N-ethyl adjacent to an activating group) is 2. The summed E-state index contributed by atoms with van der Waals surface area (Å²) in [6, 6.07) is 9.53. The van der Waals surface area contributed by atoms with Crippen molar-refractivity contribution in [3.05, 3.63) is 30.3 Å². The Labute approximate surface area is 176 Å². The van der Waals surface area contributed by atoms with Gasteiger partial charge in [0, 0.05) is 53.1 Å². The number of methoxy groups -OCH3 is 1. The monoisotopic (exact) mass is 413 g/mol. The zero-order chi connectivity index (χ0) is 21.3. The number of nitrogens with zero attached hydrogens (tertiary/aromatic N) is 6. The molecule has 30 heavy (non-hydrogen) atoms. The van der Waals surface area contributed by atoms with Gasteiger partial charge < -0.3 is 9.64 Å². The fourth-order valence-electron chi connectivity index (χ4n) is 4.23. The number of anilines is 1. The number of para-hydroxylation sites is 1. The minimum Gasteiger partial charge on any atom is -0.381 e. The summed E-state index contributed by atoms with van der Waals surface area (Å²) in [4.78, 5) is 37.3. The van der Waals surface area contributed by atoms with Gasteiger partial charge in [-0.25, -0.2) is 9.37 Å². The molecular weight excluding hydrogens is 384 g/mol. The van der Waals surface area contributed by atoms with Crippen molar-refractivity contribution in [2.24, 2.45) is 4.99 Å². The normalized spacial score (nSPS) is 22.7. The van der Waals surface area contributed by atoms with Crippen molar-refractivity contribution in [1.82, 2.24) is 14.7 Å². The number of amides is 3. The van der Waals surface area contributed by atoms with E-state index in [1.54, 1.807) is 14.2 Å². The zero-order valence-electron chi connectivity index (χ0n) is 17.8. The highest BCUT2D eigenvalue weighted by Gasteiger charge is 2.53. The molecule has 1 atom stereocenters. The molecule has 1 aromatic carbocycles. The Bertz CT molecular complexity index is 876. The third kappa shape index (κ3) is 3.70. The molecule has 160 valence electrons. The predicted molar refractivity (Wildman–Crippen MR) is 114 cm³/mol. The van der Waals surface area contributed by atoms with Gasteiger partial charge in [-0.3, -0.25) is 19.5 Å². The number of carbonyl (C=O) groups excluding carboxylic acids is 2. The molecule has 0 saturated carbocycles. The number of urea groups is 1. The Hall–Kier alpha value is -2.78. The van der Waals surface area contributed by atoms with Gasteiger partial charge in [-0.1, -0.05) is 18.2 Å². The van der Waals surface area contributed by atoms with E-state index >= 15 is 0 Å². The van der Waals surface area contributed by atoms with Crippen molar-refractivity contribution in [1.29, 1.82) is 0 Å². The van der Waals surface area contributed by atoms with Crippen LogP contribution < -0.4 is 4.90 Å². The summed E-state index contributed by atoms with van der Waals surface area (Å²) in [5, 5.41) is 0. The molecule has 0 aromatic heterocycles. The van der Waals surface area contributed by atoms with Gasteiger partial charge in [0.05, 0.1) is 6.61 Å². The van der Waals surface area contributed by atoms with Gasteiger partial charge in [0.15, 0.2) is 0 Å². The highest BCUT2D eigenvalue weighted by atomic mass is 16.5. The topological polar surface area (TPSA) is 71.7 Å². The van der Waals surface area contributed by atoms with Gasteiger partial charge in [-0.05, 0) is 17.1 Å². The first-order valence-electron chi connectivity index (χ1n) is 10.3. The minimum atomic E-state index is -0.562. The Balaban J connectivity index is 1.50. The molecule has 0 aliphatic carbocycles. The molecule has 0 spiro atoms. The Morgan fingerprint density at radius 3 is 2.43 bits per heavy atom. The number of aliphatic imine (C=N–C) groups is 1. The number of hydrogen-bond donors (Lipinski definition) is 0. The standard InChI is InChI=1S/C21H29N6O3/c1-23-19-18(20(28)24(2)21(23)29)27(13-14-30-3)17(22-19)15-25-9-11-26(12-10-25)16-7-5-4-6-8-16/h4-8,18H,9-15H2,1-3H3/q+1. The minimum absolute atomic E-state index is 0.239. The summed E-state index contributed by atoms with van der Waals surface area (Å²) in [6.45, 7) is 5.38. The van der Waals surface area contributed by atoms with E-state index in [-0.39, 0.29) is 11.9 Å². The molecule has 1 unspecified atom stereocenters. The second kappa shape index (κ2) is 8.53. The number of amidine groups is 2. The summed E-state index contributed by atoms with van der Waals surface area (Å²) in [6.07, 6.45) is 0. The van der Waals surface area contributed by atoms with E-state index in [0.29, 0.717) is 25.5 Å². The van der Waals surface area contributed by atoms with E-state index < -0.39 is 6.04 Å². The molecule has 9 nitrogen and oxygen atoms in total. The van der Waals surface area contributed by atoms with Crippen LogP contribution in [-0.2, 0) is 9.53 Å². The molecule has 3 heterocycles. The van der Waals surface area contributed by atoms with Crippen molar-refractivity contribution in [3.63, 3.8) is 0 Å². The van der Waals surface area contributed by atoms with E-state index in [1.807, 2.05) is 10.6 Å². The van der Waals surface area contributed by atoms with Gasteiger partial charge in [0.25, 0.3) is 17.8 Å². The molecule has 3 aliphatic heterocycles. The van der Waals surface area contributed by atoms with Crippen LogP contribution in [-0.4, -0.2) is 116 Å². The fraction of sp³-hybridized carbons (Fsp3) is 0.524. The third-order valence-electron chi connectivity index (χ3n) is 6.01. The molecule has 3 aliphatic rings. The van der Waals surface area contributed by atoms with Crippen molar-refractivity contribution in [2.75, 3.05) is 72.0 Å². The van der Waals surface area contributed by atoms with Crippen LogP contribution in [0.3, 0.4) is 0 Å². The van der Waals surface area contributed by atoms with E-state index in [4.69, 9.17) is 9.73 Å². The lowest BCUT2D eigenvalue weighted by Gasteiger charge is -2.35. The zero-order valence-corrected chi connectivity index (χ0v) is 17.8. The summed E-state index contributed by atoms with van der Waals surface area (Å²) in [7, 11) is 4.84. The fourth-order valence-corrected chi connectivity index (χ4v) is 4.23. The summed E-state index contributed by atoms with van der Waals surface area (Å²) in [5.74, 6) is 1.09. The average Bonchev–Trinajstić information content (AvgIpc) is 3.14. The van der Waals surface area contributed by atoms with Crippen LogP contribution in [0.4, 0.5) is 10.5 Å². The summed E-state index contributed by atoms with van der Waals surface area (Å²) < 4.78 is 7.25. The van der Waals surface area contributed by atoms with Crippen LogP contribution in [0.2, 0.25) is 0 Å². The lowest BCUT2D eigenvalue weighted by molar-refractivity contribution is -0.538. The summed E-state index contributed by atoms with van der Waals surface area (Å²) >= 11 is 0. The molecule has 0 radical (unpaired) electrons. The largest absolute Gasteiger partial charge is 0.381 e. The molecule has 0 bridgehead atoms. The number of hydrogen-bond acceptors (Lipinski definition) is 6. The predicted octanol–water partition coefficient (Wildman–Crippen LogP) is 0.171. The molecule has 0 N–H and O–H groups in total. The summed E-state index contributed by atoms with van der Waals surface area (Å²) in [5.41, 5.74) is 1.24. The smallest absolute Gasteiger partial charge is 0.333 e. The van der Waals surface area contributed by atoms with E-state index in [2.05, 4.69) is 34.1 Å². The highest BCUT2D eigenvalue weighted by Crippen LogP contribution is 2.20. The number of fused-ring (bicyclic) bond motifs is 1. The van der Waals surface area contributed by atoms with Crippen molar-refractivity contribution in [2.45, 2.75) is 6.04 Å². The van der Waals surface area contributed by atoms with Crippen LogP contribution in [0.15, 0.2) is 35.3 Å². The average molecular weight is 414 g/mol. The number of benzene rings is 1. The maximum absolute atomic E-state index is 12.9. The Morgan fingerprint density at radius 2 is 1.77 bits per heavy atom. The molecule has 2 saturated heterocycles. The maximum atomic E-state index is 12.9. The first kappa shape index (κ1) is 20.5. The molecule has 2 fully saturated rings. The first-order valence-corrected chi connectivity index (χ1v) is 10.3. The van der Waals surface area contributed by atoms with Crippen LogP contribution >= 0.6 is 0 Å². The van der Waals surface area contributed by atoms with E-state index in [0.717, 1.165) is 32.0 Å². The van der Waals surface area contributed by atoms with Crippen molar-refractivity contribution >= 4 is 29.3 Å². The number of carbonyl (C=O) groups is 2. The van der Waals surface area contributed by atoms with Crippen LogP contribution in [0.5, 0.6) is 0 Å². The maximum Gasteiger partial charge on any atom is 0.333 e. The van der Waals surface area contributed by atoms with Gasteiger partial charge >= 0.3 is 11.9 Å². The van der Waals surface area contributed by atoms with Crippen molar-refractivity contribution < 1.29 is 18.9 Å². The lowest BCUT2D eigenvalue weighted by atomic mass is 10.1. The lowest BCUT2D eigenvalue weighted by Crippen LogP contribution is -2.61.